The molecule has 3 rings (SSSR count). The van der Waals surface area contributed by atoms with Gasteiger partial charge in [-0.05, 0) is 36.4 Å². The third-order valence-corrected chi connectivity index (χ3v) is 5.19. The van der Waals surface area contributed by atoms with Crippen LogP contribution in [-0.4, -0.2) is 56.0 Å². The Balaban J connectivity index is 1.37. The zero-order chi connectivity index (χ0) is 19.9. The van der Waals surface area contributed by atoms with Gasteiger partial charge in [0.2, 0.25) is 0 Å². The van der Waals surface area contributed by atoms with Gasteiger partial charge in [-0.15, -0.1) is 0 Å². The molecule has 1 aliphatic rings. The summed E-state index contributed by atoms with van der Waals surface area (Å²) in [5.41, 5.74) is 1.58. The van der Waals surface area contributed by atoms with Crippen molar-refractivity contribution < 1.29 is 9.59 Å². The summed E-state index contributed by atoms with van der Waals surface area (Å²) in [6.45, 7) is 4.70. The number of hydrogen-bond donors (Lipinski definition) is 2. The Morgan fingerprint density at radius 1 is 0.893 bits per heavy atom. The molecule has 0 spiro atoms. The Labute approximate surface area is 174 Å². The molecular formula is C20H22Cl2N4O2. The van der Waals surface area contributed by atoms with Crippen LogP contribution < -0.4 is 15.5 Å². The van der Waals surface area contributed by atoms with Gasteiger partial charge in [-0.2, -0.15) is 0 Å². The van der Waals surface area contributed by atoms with E-state index in [1.165, 1.54) is 0 Å². The largest absolute Gasteiger partial charge is 0.369 e. The minimum Gasteiger partial charge on any atom is -0.369 e. The number of halogens is 2. The number of nitrogens with one attached hydrogen (secondary N) is 2. The van der Waals surface area contributed by atoms with Gasteiger partial charge in [0.1, 0.15) is 0 Å². The highest BCUT2D eigenvalue weighted by atomic mass is 35.5. The third kappa shape index (κ3) is 5.61. The Morgan fingerprint density at radius 3 is 2.25 bits per heavy atom. The van der Waals surface area contributed by atoms with Crippen LogP contribution in [0.4, 0.5) is 11.4 Å². The van der Waals surface area contributed by atoms with E-state index in [-0.39, 0.29) is 0 Å². The van der Waals surface area contributed by atoms with E-state index in [2.05, 4.69) is 20.4 Å². The summed E-state index contributed by atoms with van der Waals surface area (Å²) in [5.74, 6) is -1.39. The number of rotatable bonds is 5. The molecule has 1 saturated heterocycles. The van der Waals surface area contributed by atoms with Crippen LogP contribution in [-0.2, 0) is 9.59 Å². The van der Waals surface area contributed by atoms with Gasteiger partial charge in [0.15, 0.2) is 0 Å². The maximum Gasteiger partial charge on any atom is 0.313 e. The topological polar surface area (TPSA) is 64.7 Å². The highest BCUT2D eigenvalue weighted by molar-refractivity contribution is 6.41. The number of anilines is 2. The molecule has 0 radical (unpaired) electrons. The minimum atomic E-state index is -0.722. The van der Waals surface area contributed by atoms with Gasteiger partial charge in [-0.1, -0.05) is 35.3 Å². The van der Waals surface area contributed by atoms with Gasteiger partial charge >= 0.3 is 11.8 Å². The Kier molecular flexibility index (Phi) is 7.14. The molecule has 8 heteroatoms. The first-order chi connectivity index (χ1) is 13.5. The number of hydrogen-bond acceptors (Lipinski definition) is 4. The van der Waals surface area contributed by atoms with Crippen molar-refractivity contribution in [2.24, 2.45) is 0 Å². The summed E-state index contributed by atoms with van der Waals surface area (Å²) in [5, 5.41) is 6.29. The standard InChI is InChI=1S/C20H22Cl2N4O2/c21-15-5-7-16(8-6-15)26-13-11-25(12-14-26)10-9-23-19(27)20(28)24-18-4-2-1-3-17(18)22/h1-8H,9-14H2,(H,23,27)(H,24,28). The van der Waals surface area contributed by atoms with Crippen LogP contribution in [0.1, 0.15) is 0 Å². The molecule has 2 N–H and O–H groups in total. The van der Waals surface area contributed by atoms with Gasteiger partial charge in [0, 0.05) is 50.0 Å². The van der Waals surface area contributed by atoms with E-state index in [1.54, 1.807) is 24.3 Å². The molecule has 2 amide bonds. The fourth-order valence-corrected chi connectivity index (χ4v) is 3.34. The summed E-state index contributed by atoms with van der Waals surface area (Å²) in [6, 6.07) is 14.6. The van der Waals surface area contributed by atoms with Crippen molar-refractivity contribution in [1.29, 1.82) is 0 Å². The van der Waals surface area contributed by atoms with Crippen LogP contribution in [0.3, 0.4) is 0 Å². The van der Waals surface area contributed by atoms with Gasteiger partial charge < -0.3 is 15.5 Å². The molecule has 2 aromatic carbocycles. The molecule has 0 bridgehead atoms. The van der Waals surface area contributed by atoms with Gasteiger partial charge in [-0.3, -0.25) is 14.5 Å². The first kappa shape index (κ1) is 20.5. The van der Waals surface area contributed by atoms with Gasteiger partial charge in [0.05, 0.1) is 10.7 Å². The Morgan fingerprint density at radius 2 is 1.57 bits per heavy atom. The fourth-order valence-electron chi connectivity index (χ4n) is 3.03. The number of benzene rings is 2. The fraction of sp³-hybridized carbons (Fsp3) is 0.300. The lowest BCUT2D eigenvalue weighted by atomic mass is 10.2. The first-order valence-electron chi connectivity index (χ1n) is 9.09. The monoisotopic (exact) mass is 420 g/mol. The van der Waals surface area contributed by atoms with Crippen molar-refractivity contribution in [2.45, 2.75) is 0 Å². The lowest BCUT2D eigenvalue weighted by molar-refractivity contribution is -0.136. The van der Waals surface area contributed by atoms with E-state index >= 15 is 0 Å². The summed E-state index contributed by atoms with van der Waals surface area (Å²) in [6.07, 6.45) is 0. The van der Waals surface area contributed by atoms with Crippen molar-refractivity contribution in [2.75, 3.05) is 49.5 Å². The molecule has 1 aliphatic heterocycles. The predicted molar refractivity (Wildman–Crippen MR) is 113 cm³/mol. The molecule has 0 unspecified atom stereocenters. The molecular weight excluding hydrogens is 399 g/mol. The molecule has 2 aromatic rings. The highest BCUT2D eigenvalue weighted by Crippen LogP contribution is 2.20. The van der Waals surface area contributed by atoms with E-state index in [4.69, 9.17) is 23.2 Å². The number of nitrogens with zero attached hydrogens (tertiary/aromatic N) is 2. The zero-order valence-corrected chi connectivity index (χ0v) is 16.8. The van der Waals surface area contributed by atoms with Crippen LogP contribution in [0.5, 0.6) is 0 Å². The van der Waals surface area contributed by atoms with Crippen LogP contribution in [0, 0.1) is 0 Å². The average Bonchev–Trinajstić information content (AvgIpc) is 2.71. The molecule has 6 nitrogen and oxygen atoms in total. The normalized spacial score (nSPS) is 14.6. The summed E-state index contributed by atoms with van der Waals surface area (Å²) < 4.78 is 0. The van der Waals surface area contributed by atoms with E-state index in [0.717, 1.165) is 36.9 Å². The second-order valence-corrected chi connectivity index (χ2v) is 7.34. The second kappa shape index (κ2) is 9.78. The van der Waals surface area contributed by atoms with E-state index in [9.17, 15) is 9.59 Å². The van der Waals surface area contributed by atoms with Crippen molar-refractivity contribution >= 4 is 46.4 Å². The maximum atomic E-state index is 12.0. The molecule has 0 atom stereocenters. The smallest absolute Gasteiger partial charge is 0.313 e. The van der Waals surface area contributed by atoms with E-state index in [1.807, 2.05) is 24.3 Å². The zero-order valence-electron chi connectivity index (χ0n) is 15.3. The highest BCUT2D eigenvalue weighted by Gasteiger charge is 2.18. The number of carbonyl (C=O) groups is 2. The number of carbonyl (C=O) groups excluding carboxylic acids is 2. The van der Waals surface area contributed by atoms with Crippen molar-refractivity contribution in [3.8, 4) is 0 Å². The van der Waals surface area contributed by atoms with Crippen LogP contribution in [0.25, 0.3) is 0 Å². The van der Waals surface area contributed by atoms with Gasteiger partial charge in [-0.25, -0.2) is 0 Å². The maximum absolute atomic E-state index is 12.0. The second-order valence-electron chi connectivity index (χ2n) is 6.49. The number of piperazine rings is 1. The average molecular weight is 421 g/mol. The van der Waals surface area contributed by atoms with Gasteiger partial charge in [0.25, 0.3) is 0 Å². The molecule has 0 aromatic heterocycles. The van der Waals surface area contributed by atoms with Crippen molar-refractivity contribution in [3.63, 3.8) is 0 Å². The summed E-state index contributed by atoms with van der Waals surface area (Å²) >= 11 is 11.9. The van der Waals surface area contributed by atoms with Crippen molar-refractivity contribution in [3.05, 3.63) is 58.6 Å². The minimum absolute atomic E-state index is 0.391. The number of para-hydroxylation sites is 1. The number of amides is 2. The van der Waals surface area contributed by atoms with E-state index < -0.39 is 11.8 Å². The van der Waals surface area contributed by atoms with Crippen LogP contribution >= 0.6 is 23.2 Å². The third-order valence-electron chi connectivity index (χ3n) is 4.61. The Bertz CT molecular complexity index is 821. The Hall–Kier alpha value is -2.28. The molecule has 1 heterocycles. The predicted octanol–water partition coefficient (Wildman–Crippen LogP) is 2.87. The van der Waals surface area contributed by atoms with Crippen LogP contribution in [0.2, 0.25) is 10.0 Å². The molecule has 0 aliphatic carbocycles. The van der Waals surface area contributed by atoms with E-state index in [0.29, 0.717) is 23.8 Å². The molecule has 1 fully saturated rings. The molecule has 0 saturated carbocycles. The summed E-state index contributed by atoms with van der Waals surface area (Å²) in [4.78, 5) is 28.5. The summed E-state index contributed by atoms with van der Waals surface area (Å²) in [7, 11) is 0. The molecule has 148 valence electrons. The quantitative estimate of drug-likeness (QED) is 0.729. The van der Waals surface area contributed by atoms with Crippen molar-refractivity contribution in [1.82, 2.24) is 10.2 Å². The lowest BCUT2D eigenvalue weighted by Crippen LogP contribution is -2.49. The SMILES string of the molecule is O=C(NCCN1CCN(c2ccc(Cl)cc2)CC1)C(=O)Nc1ccccc1Cl. The van der Waals surface area contributed by atoms with Crippen LogP contribution in [0.15, 0.2) is 48.5 Å². The lowest BCUT2D eigenvalue weighted by Gasteiger charge is -2.36. The molecule has 28 heavy (non-hydrogen) atoms. The first-order valence-corrected chi connectivity index (χ1v) is 9.85.